The van der Waals surface area contributed by atoms with Crippen molar-refractivity contribution in [2.45, 2.75) is 0 Å². The number of aromatic nitrogens is 4. The molecule has 0 aliphatic carbocycles. The number of hydrogen-bond acceptors (Lipinski definition) is 6. The fourth-order valence-electron chi connectivity index (χ4n) is 1.83. The van der Waals surface area contributed by atoms with E-state index in [1.807, 2.05) is 30.3 Å². The molecule has 0 aliphatic heterocycles. The first-order valence-electron chi connectivity index (χ1n) is 6.35. The molecule has 0 atom stereocenters. The minimum atomic E-state index is 0.510. The number of nitrogens with one attached hydrogen (secondary N) is 1. The maximum absolute atomic E-state index is 5.12. The van der Waals surface area contributed by atoms with Gasteiger partial charge in [0, 0.05) is 30.2 Å². The smallest absolute Gasteiger partial charge is 0.227 e. The average Bonchev–Trinajstić information content (AvgIpc) is 2.56. The maximum Gasteiger partial charge on any atom is 0.227 e. The van der Waals surface area contributed by atoms with E-state index in [9.17, 15) is 0 Å². The molecule has 3 aromatic heterocycles. The van der Waals surface area contributed by atoms with Crippen LogP contribution >= 0.6 is 0 Å². The summed E-state index contributed by atoms with van der Waals surface area (Å²) in [5, 5.41) is 3.11. The van der Waals surface area contributed by atoms with Gasteiger partial charge < -0.3 is 10.1 Å². The second-order valence-corrected chi connectivity index (χ2v) is 4.22. The number of methoxy groups -OCH3 is 1. The Bertz CT molecular complexity index is 733. The highest BCUT2D eigenvalue weighted by molar-refractivity contribution is 5.62. The Hall–Kier alpha value is -3.02. The monoisotopic (exact) mass is 279 g/mol. The van der Waals surface area contributed by atoms with E-state index in [2.05, 4.69) is 25.3 Å². The molecule has 3 heterocycles. The summed E-state index contributed by atoms with van der Waals surface area (Å²) >= 11 is 0. The van der Waals surface area contributed by atoms with Gasteiger partial charge in [0.1, 0.15) is 0 Å². The SMILES string of the molecule is COc1cc(-c2ccnc(Nc3cccnc3)n2)ccn1. The van der Waals surface area contributed by atoms with E-state index in [0.717, 1.165) is 16.9 Å². The van der Waals surface area contributed by atoms with E-state index in [0.29, 0.717) is 11.8 Å². The van der Waals surface area contributed by atoms with Gasteiger partial charge in [0.25, 0.3) is 0 Å². The molecule has 0 aromatic carbocycles. The second-order valence-electron chi connectivity index (χ2n) is 4.22. The Balaban J connectivity index is 1.89. The molecule has 0 saturated carbocycles. The van der Waals surface area contributed by atoms with Crippen molar-refractivity contribution in [2.75, 3.05) is 12.4 Å². The van der Waals surface area contributed by atoms with E-state index < -0.39 is 0 Å². The van der Waals surface area contributed by atoms with E-state index >= 15 is 0 Å². The van der Waals surface area contributed by atoms with Gasteiger partial charge in [-0.05, 0) is 24.3 Å². The highest BCUT2D eigenvalue weighted by atomic mass is 16.5. The molecule has 3 aromatic rings. The van der Waals surface area contributed by atoms with E-state index in [4.69, 9.17) is 4.74 Å². The molecule has 0 bridgehead atoms. The summed E-state index contributed by atoms with van der Waals surface area (Å²) in [6.45, 7) is 0. The van der Waals surface area contributed by atoms with Crippen LogP contribution in [0.1, 0.15) is 0 Å². The largest absolute Gasteiger partial charge is 0.481 e. The summed E-state index contributed by atoms with van der Waals surface area (Å²) in [4.78, 5) is 16.8. The average molecular weight is 279 g/mol. The molecule has 6 heteroatoms. The standard InChI is InChI=1S/C15H13N5O/c1-21-14-9-11(4-7-17-14)13-5-8-18-15(20-13)19-12-3-2-6-16-10-12/h2-10H,1H3,(H,18,19,20). The van der Waals surface area contributed by atoms with Crippen molar-refractivity contribution < 1.29 is 4.74 Å². The first-order valence-corrected chi connectivity index (χ1v) is 6.35. The van der Waals surface area contributed by atoms with Gasteiger partial charge >= 0.3 is 0 Å². The van der Waals surface area contributed by atoms with Crippen LogP contribution < -0.4 is 10.1 Å². The van der Waals surface area contributed by atoms with Crippen LogP contribution in [0.2, 0.25) is 0 Å². The predicted molar refractivity (Wildman–Crippen MR) is 79.3 cm³/mol. The van der Waals surface area contributed by atoms with Crippen LogP contribution in [0.4, 0.5) is 11.6 Å². The summed E-state index contributed by atoms with van der Waals surface area (Å²) in [7, 11) is 1.58. The van der Waals surface area contributed by atoms with Gasteiger partial charge in [0.2, 0.25) is 11.8 Å². The van der Waals surface area contributed by atoms with Crippen molar-refractivity contribution >= 4 is 11.6 Å². The van der Waals surface area contributed by atoms with Crippen molar-refractivity contribution in [1.29, 1.82) is 0 Å². The van der Waals surface area contributed by atoms with E-state index in [-0.39, 0.29) is 0 Å². The van der Waals surface area contributed by atoms with Gasteiger partial charge in [-0.15, -0.1) is 0 Å². The number of ether oxygens (including phenoxy) is 1. The lowest BCUT2D eigenvalue weighted by molar-refractivity contribution is 0.398. The minimum absolute atomic E-state index is 0.510. The number of pyridine rings is 2. The first-order chi connectivity index (χ1) is 10.3. The topological polar surface area (TPSA) is 72.8 Å². The lowest BCUT2D eigenvalue weighted by Gasteiger charge is -2.06. The van der Waals surface area contributed by atoms with Gasteiger partial charge in [-0.2, -0.15) is 0 Å². The molecule has 1 N–H and O–H groups in total. The Labute approximate surface area is 121 Å². The molecule has 0 saturated heterocycles. The molecule has 6 nitrogen and oxygen atoms in total. The zero-order valence-corrected chi connectivity index (χ0v) is 11.4. The molecular formula is C15H13N5O. The highest BCUT2D eigenvalue weighted by Gasteiger charge is 2.04. The van der Waals surface area contributed by atoms with Crippen molar-refractivity contribution in [1.82, 2.24) is 19.9 Å². The van der Waals surface area contributed by atoms with Gasteiger partial charge in [0.15, 0.2) is 0 Å². The number of nitrogens with zero attached hydrogens (tertiary/aromatic N) is 4. The van der Waals surface area contributed by atoms with Crippen LogP contribution in [0, 0.1) is 0 Å². The Morgan fingerprint density at radius 3 is 2.76 bits per heavy atom. The van der Waals surface area contributed by atoms with Crippen LogP contribution in [0.15, 0.2) is 55.1 Å². The number of anilines is 2. The quantitative estimate of drug-likeness (QED) is 0.791. The fraction of sp³-hybridized carbons (Fsp3) is 0.0667. The third kappa shape index (κ3) is 3.11. The van der Waals surface area contributed by atoms with Crippen LogP contribution in [-0.4, -0.2) is 27.0 Å². The maximum atomic E-state index is 5.12. The van der Waals surface area contributed by atoms with Gasteiger partial charge in [-0.1, -0.05) is 0 Å². The minimum Gasteiger partial charge on any atom is -0.481 e. The van der Waals surface area contributed by atoms with Crippen LogP contribution in [0.5, 0.6) is 5.88 Å². The molecule has 0 aliphatic rings. The lowest BCUT2D eigenvalue weighted by Crippen LogP contribution is -1.98. The Kier molecular flexibility index (Phi) is 3.68. The molecule has 0 fully saturated rings. The third-order valence-corrected chi connectivity index (χ3v) is 2.81. The zero-order valence-electron chi connectivity index (χ0n) is 11.4. The van der Waals surface area contributed by atoms with Crippen molar-refractivity contribution in [3.05, 3.63) is 55.1 Å². The third-order valence-electron chi connectivity index (χ3n) is 2.81. The van der Waals surface area contributed by atoms with Gasteiger partial charge in [-0.25, -0.2) is 15.0 Å². The molecule has 0 spiro atoms. The number of hydrogen-bond donors (Lipinski definition) is 1. The first kappa shape index (κ1) is 13.0. The van der Waals surface area contributed by atoms with Crippen LogP contribution in [0.25, 0.3) is 11.3 Å². The molecule has 21 heavy (non-hydrogen) atoms. The fourth-order valence-corrected chi connectivity index (χ4v) is 1.83. The lowest BCUT2D eigenvalue weighted by atomic mass is 10.2. The molecule has 0 radical (unpaired) electrons. The normalized spacial score (nSPS) is 10.1. The summed E-state index contributed by atoms with van der Waals surface area (Å²) in [6, 6.07) is 9.29. The summed E-state index contributed by atoms with van der Waals surface area (Å²) in [6.07, 6.45) is 6.82. The highest BCUT2D eigenvalue weighted by Crippen LogP contribution is 2.21. The summed E-state index contributed by atoms with van der Waals surface area (Å²) in [5.74, 6) is 1.06. The van der Waals surface area contributed by atoms with Gasteiger partial charge in [0.05, 0.1) is 24.7 Å². The van der Waals surface area contributed by atoms with Crippen LogP contribution in [0.3, 0.4) is 0 Å². The van der Waals surface area contributed by atoms with Gasteiger partial charge in [-0.3, -0.25) is 4.98 Å². The zero-order chi connectivity index (χ0) is 14.5. The predicted octanol–water partition coefficient (Wildman–Crippen LogP) is 2.69. The molecule has 104 valence electrons. The Morgan fingerprint density at radius 2 is 1.95 bits per heavy atom. The van der Waals surface area contributed by atoms with Crippen molar-refractivity contribution in [3.8, 4) is 17.1 Å². The van der Waals surface area contributed by atoms with E-state index in [1.165, 1.54) is 0 Å². The molecule has 3 rings (SSSR count). The van der Waals surface area contributed by atoms with Crippen molar-refractivity contribution in [3.63, 3.8) is 0 Å². The molecule has 0 unspecified atom stereocenters. The van der Waals surface area contributed by atoms with Crippen molar-refractivity contribution in [2.24, 2.45) is 0 Å². The molecular weight excluding hydrogens is 266 g/mol. The van der Waals surface area contributed by atoms with E-state index in [1.54, 1.807) is 31.9 Å². The second kappa shape index (κ2) is 5.96. The Morgan fingerprint density at radius 1 is 1.05 bits per heavy atom. The number of rotatable bonds is 4. The summed E-state index contributed by atoms with van der Waals surface area (Å²) < 4.78 is 5.12. The molecule has 0 amide bonds. The van der Waals surface area contributed by atoms with Crippen LogP contribution in [-0.2, 0) is 0 Å². The summed E-state index contributed by atoms with van der Waals surface area (Å²) in [5.41, 5.74) is 2.54.